The summed E-state index contributed by atoms with van der Waals surface area (Å²) in [7, 11) is 0. The molecule has 0 aliphatic carbocycles. The number of anilines is 1. The summed E-state index contributed by atoms with van der Waals surface area (Å²) in [6, 6.07) is 6.21. The van der Waals surface area contributed by atoms with Crippen LogP contribution in [0, 0.1) is 23.1 Å². The molecule has 2 heterocycles. The molecule has 158 valence electrons. The number of nitriles is 1. The highest BCUT2D eigenvalue weighted by molar-refractivity contribution is 9.10. The van der Waals surface area contributed by atoms with Gasteiger partial charge >= 0.3 is 5.97 Å². The topological polar surface area (TPSA) is 79.1 Å². The van der Waals surface area contributed by atoms with Crippen LogP contribution < -0.4 is 4.90 Å². The van der Waals surface area contributed by atoms with E-state index in [4.69, 9.17) is 10.00 Å². The van der Waals surface area contributed by atoms with E-state index in [1.54, 1.807) is 12.3 Å². The van der Waals surface area contributed by atoms with Crippen LogP contribution in [-0.2, 0) is 9.53 Å². The number of benzene rings is 1. The van der Waals surface area contributed by atoms with E-state index in [1.807, 2.05) is 26.8 Å². The number of carbonyl (C=O) groups excluding carboxylic acids is 1. The maximum absolute atomic E-state index is 14.0. The summed E-state index contributed by atoms with van der Waals surface area (Å²) in [6.07, 6.45) is 3.82. The summed E-state index contributed by atoms with van der Waals surface area (Å²) in [4.78, 5) is 23.2. The smallest absolute Gasteiger partial charge is 0.306 e. The number of ether oxygens (including phenoxy) is 1. The van der Waals surface area contributed by atoms with Gasteiger partial charge in [0.1, 0.15) is 33.6 Å². The van der Waals surface area contributed by atoms with Crippen molar-refractivity contribution in [1.82, 2.24) is 9.97 Å². The summed E-state index contributed by atoms with van der Waals surface area (Å²) < 4.78 is 20.0. The fourth-order valence-corrected chi connectivity index (χ4v) is 3.86. The summed E-state index contributed by atoms with van der Waals surface area (Å²) in [6.45, 7) is 7.13. The van der Waals surface area contributed by atoms with E-state index in [2.05, 4.69) is 30.8 Å². The van der Waals surface area contributed by atoms with Crippen LogP contribution in [0.5, 0.6) is 0 Å². The third kappa shape index (κ3) is 5.54. The first-order chi connectivity index (χ1) is 14.2. The molecule has 0 amide bonds. The van der Waals surface area contributed by atoms with Crippen LogP contribution in [0.25, 0.3) is 11.3 Å². The first-order valence-electron chi connectivity index (χ1n) is 9.85. The molecule has 0 radical (unpaired) electrons. The Morgan fingerprint density at radius 1 is 1.37 bits per heavy atom. The Balaban J connectivity index is 1.68. The normalized spacial score (nSPS) is 15.0. The lowest BCUT2D eigenvalue weighted by atomic mass is 9.93. The quantitative estimate of drug-likeness (QED) is 0.588. The largest absolute Gasteiger partial charge is 0.460 e. The van der Waals surface area contributed by atoms with Crippen LogP contribution in [0.15, 0.2) is 29.0 Å². The summed E-state index contributed by atoms with van der Waals surface area (Å²) in [5, 5.41) is 8.92. The zero-order valence-electron chi connectivity index (χ0n) is 17.3. The molecule has 0 atom stereocenters. The summed E-state index contributed by atoms with van der Waals surface area (Å²) in [5.74, 6) is 0.242. The van der Waals surface area contributed by atoms with Crippen molar-refractivity contribution in [3.8, 4) is 17.3 Å². The number of aromatic nitrogens is 2. The third-order valence-corrected chi connectivity index (χ3v) is 5.47. The van der Waals surface area contributed by atoms with Gasteiger partial charge in [-0.25, -0.2) is 14.4 Å². The van der Waals surface area contributed by atoms with E-state index in [0.717, 1.165) is 25.9 Å². The minimum atomic E-state index is -0.586. The van der Waals surface area contributed by atoms with Crippen LogP contribution in [0.1, 0.15) is 45.6 Å². The van der Waals surface area contributed by atoms with Gasteiger partial charge in [-0.05, 0) is 67.6 Å². The van der Waals surface area contributed by atoms with Crippen molar-refractivity contribution >= 4 is 27.7 Å². The van der Waals surface area contributed by atoms with Gasteiger partial charge in [0.2, 0.25) is 0 Å². The highest BCUT2D eigenvalue weighted by Gasteiger charge is 2.25. The molecule has 6 nitrogen and oxygen atoms in total. The van der Waals surface area contributed by atoms with Gasteiger partial charge in [-0.1, -0.05) is 6.07 Å². The lowest BCUT2D eigenvalue weighted by Gasteiger charge is -2.33. The molecule has 0 N–H and O–H groups in total. The summed E-state index contributed by atoms with van der Waals surface area (Å²) in [5.41, 5.74) is 0.594. The molecule has 30 heavy (non-hydrogen) atoms. The average molecular weight is 475 g/mol. The molecule has 3 rings (SSSR count). The molecule has 1 aromatic carbocycles. The average Bonchev–Trinajstić information content (AvgIpc) is 2.67. The Morgan fingerprint density at radius 2 is 2.07 bits per heavy atom. The molecule has 0 unspecified atom stereocenters. The first kappa shape index (κ1) is 22.2. The lowest BCUT2D eigenvalue weighted by molar-refractivity contribution is -0.156. The molecule has 0 spiro atoms. The van der Waals surface area contributed by atoms with Gasteiger partial charge in [-0.2, -0.15) is 5.26 Å². The predicted molar refractivity (Wildman–Crippen MR) is 115 cm³/mol. The van der Waals surface area contributed by atoms with E-state index in [0.29, 0.717) is 28.1 Å². The van der Waals surface area contributed by atoms with Gasteiger partial charge in [0.05, 0.1) is 11.8 Å². The Labute approximate surface area is 184 Å². The highest BCUT2D eigenvalue weighted by Crippen LogP contribution is 2.30. The maximum atomic E-state index is 14.0. The lowest BCUT2D eigenvalue weighted by Crippen LogP contribution is -2.35. The number of halogens is 2. The van der Waals surface area contributed by atoms with Crippen LogP contribution >= 0.6 is 15.9 Å². The number of carbonyl (C=O) groups is 1. The van der Waals surface area contributed by atoms with E-state index in [-0.39, 0.29) is 17.5 Å². The molecule has 1 saturated heterocycles. The van der Waals surface area contributed by atoms with E-state index in [9.17, 15) is 9.18 Å². The van der Waals surface area contributed by atoms with Crippen molar-refractivity contribution in [2.75, 3.05) is 18.0 Å². The predicted octanol–water partition coefficient (Wildman–Crippen LogP) is 4.87. The molecular weight excluding hydrogens is 451 g/mol. The first-order valence-corrected chi connectivity index (χ1v) is 10.6. The van der Waals surface area contributed by atoms with Crippen LogP contribution in [0.4, 0.5) is 10.2 Å². The van der Waals surface area contributed by atoms with Gasteiger partial charge in [0.15, 0.2) is 0 Å². The molecule has 1 aromatic heterocycles. The number of nitrogens with zero attached hydrogens (tertiary/aromatic N) is 4. The van der Waals surface area contributed by atoms with Gasteiger partial charge in [0, 0.05) is 25.1 Å². The van der Waals surface area contributed by atoms with Gasteiger partial charge in [-0.15, -0.1) is 0 Å². The van der Waals surface area contributed by atoms with Crippen molar-refractivity contribution in [1.29, 1.82) is 5.26 Å². The van der Waals surface area contributed by atoms with Crippen molar-refractivity contribution in [3.63, 3.8) is 0 Å². The fourth-order valence-electron chi connectivity index (χ4n) is 3.44. The Morgan fingerprint density at radius 3 is 2.67 bits per heavy atom. The fraction of sp³-hybridized carbons (Fsp3) is 0.455. The molecule has 1 aliphatic heterocycles. The molecule has 0 bridgehead atoms. The zero-order valence-corrected chi connectivity index (χ0v) is 18.9. The molecule has 1 fully saturated rings. The molecule has 0 saturated carbocycles. The SMILES string of the molecule is CC(C)(C)OC(=O)CC1CCN(c2cnc(Br)c(-c3ccc(C#N)c(F)c3)n2)CC1. The standard InChI is InChI=1S/C22H24BrFN4O2/c1-22(2,3)30-19(29)10-14-6-8-28(9-7-14)18-13-26-21(23)20(27-18)15-4-5-16(12-25)17(24)11-15/h4-5,11,13-14H,6-10H2,1-3H3. The van der Waals surface area contributed by atoms with Crippen LogP contribution in [-0.4, -0.2) is 34.6 Å². The van der Waals surface area contributed by atoms with E-state index < -0.39 is 11.4 Å². The Hall–Kier alpha value is -2.53. The summed E-state index contributed by atoms with van der Waals surface area (Å²) >= 11 is 3.38. The van der Waals surface area contributed by atoms with Gasteiger partial charge in [-0.3, -0.25) is 4.79 Å². The number of hydrogen-bond donors (Lipinski definition) is 0. The molecular formula is C22H24BrFN4O2. The maximum Gasteiger partial charge on any atom is 0.306 e. The van der Waals surface area contributed by atoms with Crippen LogP contribution in [0.2, 0.25) is 0 Å². The van der Waals surface area contributed by atoms with E-state index in [1.165, 1.54) is 12.1 Å². The van der Waals surface area contributed by atoms with Crippen LogP contribution in [0.3, 0.4) is 0 Å². The minimum Gasteiger partial charge on any atom is -0.460 e. The Bertz CT molecular complexity index is 976. The van der Waals surface area contributed by atoms with Crippen molar-refractivity contribution in [3.05, 3.63) is 40.4 Å². The number of piperidine rings is 1. The van der Waals surface area contributed by atoms with Gasteiger partial charge < -0.3 is 9.64 Å². The third-order valence-electron chi connectivity index (χ3n) is 4.89. The van der Waals surface area contributed by atoms with Gasteiger partial charge in [0.25, 0.3) is 0 Å². The highest BCUT2D eigenvalue weighted by atomic mass is 79.9. The second-order valence-corrected chi connectivity index (χ2v) is 9.15. The second-order valence-electron chi connectivity index (χ2n) is 8.40. The Kier molecular flexibility index (Phi) is 6.71. The number of hydrogen-bond acceptors (Lipinski definition) is 6. The number of esters is 1. The number of rotatable bonds is 4. The molecule has 2 aromatic rings. The van der Waals surface area contributed by atoms with E-state index >= 15 is 0 Å². The molecule has 1 aliphatic rings. The van der Waals surface area contributed by atoms with Crippen molar-refractivity contribution < 1.29 is 13.9 Å². The second kappa shape index (κ2) is 9.09. The zero-order chi connectivity index (χ0) is 21.9. The van der Waals surface area contributed by atoms with Crippen molar-refractivity contribution in [2.24, 2.45) is 5.92 Å². The molecule has 8 heteroatoms. The minimum absolute atomic E-state index is 0.00829. The van der Waals surface area contributed by atoms with Crippen molar-refractivity contribution in [2.45, 2.75) is 45.6 Å². The monoisotopic (exact) mass is 474 g/mol.